The fraction of sp³-hybridized carbons (Fsp3) is 0.750. The molecule has 5 heteroatoms. The van der Waals surface area contributed by atoms with Crippen LogP contribution in [-0.4, -0.2) is 58.2 Å². The molecule has 1 N–H and O–H groups in total. The van der Waals surface area contributed by atoms with Crippen molar-refractivity contribution in [2.45, 2.75) is 31.5 Å². The Balaban J connectivity index is 1.59. The lowest BCUT2D eigenvalue weighted by Crippen LogP contribution is -2.41. The lowest BCUT2D eigenvalue weighted by atomic mass is 10.2. The lowest BCUT2D eigenvalue weighted by molar-refractivity contribution is 0.0978. The van der Waals surface area contributed by atoms with Gasteiger partial charge in [0.05, 0.1) is 17.3 Å². The molecule has 0 radical (unpaired) electrons. The smallest absolute Gasteiger partial charge is 0.0834 e. The lowest BCUT2D eigenvalue weighted by Gasteiger charge is -2.25. The van der Waals surface area contributed by atoms with Gasteiger partial charge in [0, 0.05) is 31.1 Å². The van der Waals surface area contributed by atoms with Crippen LogP contribution in [0.2, 0.25) is 0 Å². The number of hydrogen-bond acceptors (Lipinski definition) is 5. The quantitative estimate of drug-likeness (QED) is 0.864. The fourth-order valence-corrected chi connectivity index (χ4v) is 3.50. The molecule has 0 saturated carbocycles. The van der Waals surface area contributed by atoms with Crippen LogP contribution in [-0.2, 0) is 6.54 Å². The summed E-state index contributed by atoms with van der Waals surface area (Å²) in [6.45, 7) is 4.97. The minimum absolute atomic E-state index is 0.188. The minimum atomic E-state index is -0.188. The number of aliphatic hydroxyl groups is 1. The molecule has 2 atom stereocenters. The minimum Gasteiger partial charge on any atom is -0.390 e. The summed E-state index contributed by atoms with van der Waals surface area (Å²) in [7, 11) is 0. The molecule has 0 bridgehead atoms. The molecule has 3 rings (SSSR count). The highest BCUT2D eigenvalue weighted by molar-refractivity contribution is 7.07. The molecular formula is C12H19N3OS. The van der Waals surface area contributed by atoms with Crippen molar-refractivity contribution in [1.82, 2.24) is 14.8 Å². The van der Waals surface area contributed by atoms with E-state index in [1.807, 2.05) is 5.51 Å². The summed E-state index contributed by atoms with van der Waals surface area (Å²) in [5.74, 6) is 0. The monoisotopic (exact) mass is 253 g/mol. The van der Waals surface area contributed by atoms with E-state index < -0.39 is 0 Å². The van der Waals surface area contributed by atoms with Crippen molar-refractivity contribution < 1.29 is 5.11 Å². The van der Waals surface area contributed by atoms with E-state index in [4.69, 9.17) is 0 Å². The standard InChI is InChI=1S/C12H19N3OS/c16-12-7-14(5-10-8-17-9-13-10)6-11(12)15-3-1-2-4-15/h8-9,11-12,16H,1-7H2/t11-,12-/m1/s1. The average Bonchev–Trinajstić information content (AvgIpc) is 3.00. The summed E-state index contributed by atoms with van der Waals surface area (Å²) in [6.07, 6.45) is 2.39. The van der Waals surface area contributed by atoms with Gasteiger partial charge in [-0.1, -0.05) is 0 Å². The van der Waals surface area contributed by atoms with Crippen molar-refractivity contribution in [2.24, 2.45) is 0 Å². The SMILES string of the molecule is O[C@@H]1CN(Cc2cscn2)C[C@H]1N1CCCC1. The van der Waals surface area contributed by atoms with Crippen LogP contribution >= 0.6 is 11.3 Å². The largest absolute Gasteiger partial charge is 0.390 e. The summed E-state index contributed by atoms with van der Waals surface area (Å²) in [4.78, 5) is 9.08. The molecule has 0 aromatic carbocycles. The summed E-state index contributed by atoms with van der Waals surface area (Å²) in [6, 6.07) is 0.344. The zero-order valence-corrected chi connectivity index (χ0v) is 10.8. The topological polar surface area (TPSA) is 39.6 Å². The fourth-order valence-electron chi connectivity index (χ4n) is 2.95. The van der Waals surface area contributed by atoms with Crippen molar-refractivity contribution >= 4 is 11.3 Å². The average molecular weight is 253 g/mol. The maximum atomic E-state index is 10.1. The molecule has 4 nitrogen and oxygen atoms in total. The van der Waals surface area contributed by atoms with E-state index in [2.05, 4.69) is 20.2 Å². The molecule has 1 aromatic heterocycles. The van der Waals surface area contributed by atoms with Gasteiger partial charge < -0.3 is 5.11 Å². The Morgan fingerprint density at radius 2 is 2.18 bits per heavy atom. The van der Waals surface area contributed by atoms with Crippen molar-refractivity contribution in [2.75, 3.05) is 26.2 Å². The molecule has 1 aromatic rings. The first kappa shape index (κ1) is 11.6. The molecule has 2 aliphatic heterocycles. The van der Waals surface area contributed by atoms with Crippen LogP contribution in [0.25, 0.3) is 0 Å². The number of aliphatic hydroxyl groups excluding tert-OH is 1. The molecule has 0 unspecified atom stereocenters. The third-order valence-corrected chi connectivity index (χ3v) is 4.45. The third kappa shape index (κ3) is 2.52. The Morgan fingerprint density at radius 1 is 1.35 bits per heavy atom. The predicted molar refractivity (Wildman–Crippen MR) is 68.0 cm³/mol. The summed E-state index contributed by atoms with van der Waals surface area (Å²) in [5, 5.41) is 12.2. The molecule has 17 heavy (non-hydrogen) atoms. The van der Waals surface area contributed by atoms with Crippen LogP contribution in [0.5, 0.6) is 0 Å². The van der Waals surface area contributed by atoms with Gasteiger partial charge in [0.25, 0.3) is 0 Å². The second-order valence-corrected chi connectivity index (χ2v) is 5.77. The molecule has 0 amide bonds. The molecule has 0 spiro atoms. The van der Waals surface area contributed by atoms with E-state index in [9.17, 15) is 5.11 Å². The first-order chi connectivity index (χ1) is 8.33. The summed E-state index contributed by atoms with van der Waals surface area (Å²) >= 11 is 1.64. The van der Waals surface area contributed by atoms with Crippen LogP contribution in [0.1, 0.15) is 18.5 Å². The molecule has 2 saturated heterocycles. The molecule has 3 heterocycles. The van der Waals surface area contributed by atoms with Crippen molar-refractivity contribution in [3.8, 4) is 0 Å². The highest BCUT2D eigenvalue weighted by Crippen LogP contribution is 2.22. The molecule has 0 aliphatic carbocycles. The first-order valence-electron chi connectivity index (χ1n) is 6.34. The van der Waals surface area contributed by atoms with E-state index >= 15 is 0 Å². The van der Waals surface area contributed by atoms with Crippen LogP contribution in [0.3, 0.4) is 0 Å². The highest BCUT2D eigenvalue weighted by Gasteiger charge is 2.36. The number of rotatable bonds is 3. The number of thiazole rings is 1. The zero-order chi connectivity index (χ0) is 11.7. The van der Waals surface area contributed by atoms with Crippen molar-refractivity contribution in [3.05, 3.63) is 16.6 Å². The highest BCUT2D eigenvalue weighted by atomic mass is 32.1. The number of hydrogen-bond donors (Lipinski definition) is 1. The van der Waals surface area contributed by atoms with E-state index in [0.29, 0.717) is 6.04 Å². The van der Waals surface area contributed by atoms with Crippen LogP contribution < -0.4 is 0 Å². The summed E-state index contributed by atoms with van der Waals surface area (Å²) < 4.78 is 0. The Morgan fingerprint density at radius 3 is 2.88 bits per heavy atom. The Hall–Kier alpha value is -0.490. The first-order valence-corrected chi connectivity index (χ1v) is 7.29. The maximum Gasteiger partial charge on any atom is 0.0834 e. The number of likely N-dealkylation sites (tertiary alicyclic amines) is 2. The van der Waals surface area contributed by atoms with Gasteiger partial charge >= 0.3 is 0 Å². The molecule has 94 valence electrons. The van der Waals surface area contributed by atoms with Gasteiger partial charge in [0.2, 0.25) is 0 Å². The van der Waals surface area contributed by atoms with E-state index in [1.165, 1.54) is 12.8 Å². The zero-order valence-electron chi connectivity index (χ0n) is 9.96. The Labute approximate surface area is 106 Å². The van der Waals surface area contributed by atoms with Gasteiger partial charge in [-0.25, -0.2) is 4.98 Å². The second kappa shape index (κ2) is 5.02. The van der Waals surface area contributed by atoms with Crippen LogP contribution in [0, 0.1) is 0 Å². The van der Waals surface area contributed by atoms with Gasteiger partial charge in [0.1, 0.15) is 0 Å². The van der Waals surface area contributed by atoms with Crippen LogP contribution in [0.15, 0.2) is 10.9 Å². The molecule has 2 aliphatic rings. The van der Waals surface area contributed by atoms with Crippen molar-refractivity contribution in [1.29, 1.82) is 0 Å². The predicted octanol–water partition coefficient (Wildman–Crippen LogP) is 0.784. The third-order valence-electron chi connectivity index (χ3n) is 3.81. The van der Waals surface area contributed by atoms with E-state index in [0.717, 1.165) is 38.4 Å². The number of aromatic nitrogens is 1. The van der Waals surface area contributed by atoms with Gasteiger partial charge in [-0.3, -0.25) is 9.80 Å². The van der Waals surface area contributed by atoms with Crippen LogP contribution in [0.4, 0.5) is 0 Å². The maximum absolute atomic E-state index is 10.1. The van der Waals surface area contributed by atoms with E-state index in [1.54, 1.807) is 11.3 Å². The Bertz CT molecular complexity index is 351. The van der Waals surface area contributed by atoms with Gasteiger partial charge in [0.15, 0.2) is 0 Å². The van der Waals surface area contributed by atoms with Crippen molar-refractivity contribution in [3.63, 3.8) is 0 Å². The van der Waals surface area contributed by atoms with Gasteiger partial charge in [-0.2, -0.15) is 0 Å². The Kier molecular flexibility index (Phi) is 3.42. The number of nitrogens with zero attached hydrogens (tertiary/aromatic N) is 3. The van der Waals surface area contributed by atoms with Gasteiger partial charge in [-0.05, 0) is 25.9 Å². The van der Waals surface area contributed by atoms with E-state index in [-0.39, 0.29) is 6.10 Å². The summed E-state index contributed by atoms with van der Waals surface area (Å²) in [5.41, 5.74) is 3.00. The normalized spacial score (nSPS) is 31.4. The second-order valence-electron chi connectivity index (χ2n) is 5.05. The molecule has 2 fully saturated rings. The number of β-amino-alcohol motifs (C(OH)–C–C–N with tert-alkyl or cyclic N) is 1. The molecular weight excluding hydrogens is 234 g/mol. The van der Waals surface area contributed by atoms with Gasteiger partial charge in [-0.15, -0.1) is 11.3 Å².